The first-order valence-corrected chi connectivity index (χ1v) is 6.41. The maximum absolute atomic E-state index is 12.8. The lowest BCUT2D eigenvalue weighted by atomic mass is 10.2. The zero-order valence-electron chi connectivity index (χ0n) is 8.99. The Bertz CT molecular complexity index is 527. The molecule has 0 atom stereocenters. The minimum atomic E-state index is -4.37. The molecule has 0 bridgehead atoms. The van der Waals surface area contributed by atoms with Gasteiger partial charge in [-0.25, -0.2) is 9.18 Å². The highest BCUT2D eigenvalue weighted by Crippen LogP contribution is 2.33. The second kappa shape index (κ2) is 5.72. The first kappa shape index (κ1) is 14.3. The summed E-state index contributed by atoms with van der Waals surface area (Å²) in [5.41, 5.74) is 5.03. The number of nitrogens with two attached hydrogens (primary N) is 1. The summed E-state index contributed by atoms with van der Waals surface area (Å²) in [4.78, 5) is 32.8. The van der Waals surface area contributed by atoms with Crippen molar-refractivity contribution in [2.75, 3.05) is 6.16 Å². The number of oxime groups is 1. The molecule has 0 fully saturated rings. The lowest BCUT2D eigenvalue weighted by Crippen LogP contribution is -2.18. The largest absolute Gasteiger partial charge is 0.384 e. The van der Waals surface area contributed by atoms with Crippen molar-refractivity contribution in [3.8, 4) is 0 Å². The van der Waals surface area contributed by atoms with Crippen LogP contribution in [0, 0.1) is 5.82 Å². The molecule has 7 nitrogen and oxygen atoms in total. The van der Waals surface area contributed by atoms with E-state index in [4.69, 9.17) is 15.5 Å². The van der Waals surface area contributed by atoms with Gasteiger partial charge in [0.15, 0.2) is 5.84 Å². The molecule has 0 radical (unpaired) electrons. The average Bonchev–Trinajstić information content (AvgIpc) is 2.23. The predicted molar refractivity (Wildman–Crippen MR) is 60.3 cm³/mol. The molecular formula is C9H10FN2O5P. The molecule has 9 heteroatoms. The Morgan fingerprint density at radius 1 is 1.50 bits per heavy atom. The third kappa shape index (κ3) is 5.05. The van der Waals surface area contributed by atoms with Gasteiger partial charge < -0.3 is 20.4 Å². The SMILES string of the molecule is NC(CP(=O)(O)O)=NOC(=O)c1cccc(F)c1. The number of nitrogens with zero attached hydrogens (tertiary/aromatic N) is 1. The topological polar surface area (TPSA) is 122 Å². The Hall–Kier alpha value is -1.76. The smallest absolute Gasteiger partial charge is 0.365 e. The Morgan fingerprint density at radius 2 is 2.17 bits per heavy atom. The molecule has 0 aliphatic carbocycles. The summed E-state index contributed by atoms with van der Waals surface area (Å²) >= 11 is 0. The average molecular weight is 276 g/mol. The Morgan fingerprint density at radius 3 is 2.72 bits per heavy atom. The molecule has 0 aromatic heterocycles. The van der Waals surface area contributed by atoms with E-state index in [1.165, 1.54) is 12.1 Å². The van der Waals surface area contributed by atoms with Crippen molar-refractivity contribution in [1.82, 2.24) is 0 Å². The minimum Gasteiger partial charge on any atom is -0.384 e. The second-order valence-corrected chi connectivity index (χ2v) is 4.94. The van der Waals surface area contributed by atoms with Gasteiger partial charge in [-0.3, -0.25) is 4.57 Å². The Balaban J connectivity index is 2.66. The third-order valence-corrected chi connectivity index (χ3v) is 2.41. The molecule has 0 spiro atoms. The molecule has 0 saturated carbocycles. The van der Waals surface area contributed by atoms with E-state index >= 15 is 0 Å². The normalized spacial score (nSPS) is 12.3. The van der Waals surface area contributed by atoms with Crippen molar-refractivity contribution in [2.24, 2.45) is 10.9 Å². The fourth-order valence-corrected chi connectivity index (χ4v) is 1.49. The van der Waals surface area contributed by atoms with Gasteiger partial charge in [-0.05, 0) is 18.2 Å². The van der Waals surface area contributed by atoms with Crippen LogP contribution >= 0.6 is 7.60 Å². The van der Waals surface area contributed by atoms with Gasteiger partial charge in [0.25, 0.3) is 0 Å². The summed E-state index contributed by atoms with van der Waals surface area (Å²) in [6.07, 6.45) is -0.830. The Kier molecular flexibility index (Phi) is 4.55. The van der Waals surface area contributed by atoms with E-state index in [-0.39, 0.29) is 5.56 Å². The molecule has 0 amide bonds. The van der Waals surface area contributed by atoms with Gasteiger partial charge in [-0.1, -0.05) is 11.2 Å². The third-order valence-electron chi connectivity index (χ3n) is 1.67. The second-order valence-electron chi connectivity index (χ2n) is 3.29. The summed E-state index contributed by atoms with van der Waals surface area (Å²) in [7, 11) is -4.37. The first-order chi connectivity index (χ1) is 8.28. The van der Waals surface area contributed by atoms with E-state index in [0.29, 0.717) is 0 Å². The van der Waals surface area contributed by atoms with Crippen LogP contribution in [0.4, 0.5) is 4.39 Å². The van der Waals surface area contributed by atoms with Crippen molar-refractivity contribution in [3.63, 3.8) is 0 Å². The molecule has 1 aromatic rings. The number of benzene rings is 1. The standard InChI is InChI=1S/C9H10FN2O5P/c10-7-3-1-2-6(4-7)9(13)17-12-8(11)5-18(14,15)16/h1-4H,5H2,(H2,11,12)(H2,14,15,16). The van der Waals surface area contributed by atoms with E-state index in [0.717, 1.165) is 12.1 Å². The van der Waals surface area contributed by atoms with Gasteiger partial charge in [-0.15, -0.1) is 0 Å². The molecule has 0 saturated heterocycles. The van der Waals surface area contributed by atoms with E-state index < -0.39 is 31.4 Å². The number of hydrogen-bond donors (Lipinski definition) is 3. The number of carbonyl (C=O) groups is 1. The highest BCUT2D eigenvalue weighted by molar-refractivity contribution is 7.52. The summed E-state index contributed by atoms with van der Waals surface area (Å²) < 4.78 is 23.3. The fourth-order valence-electron chi connectivity index (χ4n) is 1.01. The van der Waals surface area contributed by atoms with E-state index in [1.54, 1.807) is 0 Å². The van der Waals surface area contributed by atoms with Crippen molar-refractivity contribution in [3.05, 3.63) is 35.6 Å². The summed E-state index contributed by atoms with van der Waals surface area (Å²) in [5, 5.41) is 3.05. The number of amidine groups is 1. The monoisotopic (exact) mass is 276 g/mol. The molecule has 4 N–H and O–H groups in total. The summed E-state index contributed by atoms with van der Waals surface area (Å²) in [6.45, 7) is 0. The van der Waals surface area contributed by atoms with Crippen LogP contribution in [0.5, 0.6) is 0 Å². The first-order valence-electron chi connectivity index (χ1n) is 4.62. The zero-order valence-corrected chi connectivity index (χ0v) is 9.88. The number of rotatable bonds is 4. The maximum Gasteiger partial charge on any atom is 0.365 e. The van der Waals surface area contributed by atoms with E-state index in [9.17, 15) is 13.8 Å². The quantitative estimate of drug-likeness (QED) is 0.241. The molecule has 1 rings (SSSR count). The van der Waals surface area contributed by atoms with Crippen LogP contribution in [0.15, 0.2) is 29.4 Å². The number of hydrogen-bond acceptors (Lipinski definition) is 4. The van der Waals surface area contributed by atoms with Gasteiger partial charge in [0.05, 0.1) is 5.56 Å². The summed E-state index contributed by atoms with van der Waals surface area (Å²) in [5.74, 6) is -2.15. The zero-order chi connectivity index (χ0) is 13.8. The van der Waals surface area contributed by atoms with Crippen molar-refractivity contribution in [2.45, 2.75) is 0 Å². The fraction of sp³-hybridized carbons (Fsp3) is 0.111. The van der Waals surface area contributed by atoms with Crippen LogP contribution in [0.2, 0.25) is 0 Å². The lowest BCUT2D eigenvalue weighted by Gasteiger charge is -2.02. The summed E-state index contributed by atoms with van der Waals surface area (Å²) in [6, 6.07) is 4.66. The maximum atomic E-state index is 12.8. The molecule has 0 aliphatic rings. The van der Waals surface area contributed by atoms with Gasteiger partial charge in [-0.2, -0.15) is 0 Å². The minimum absolute atomic E-state index is 0.0947. The van der Waals surface area contributed by atoms with Crippen LogP contribution < -0.4 is 5.73 Å². The lowest BCUT2D eigenvalue weighted by molar-refractivity contribution is 0.0514. The van der Waals surface area contributed by atoms with Crippen LogP contribution in [-0.2, 0) is 9.40 Å². The molecular weight excluding hydrogens is 266 g/mol. The van der Waals surface area contributed by atoms with E-state index in [1.807, 2.05) is 0 Å². The Labute approximate surface area is 101 Å². The van der Waals surface area contributed by atoms with Crippen LogP contribution in [0.25, 0.3) is 0 Å². The highest BCUT2D eigenvalue weighted by atomic mass is 31.2. The molecule has 0 unspecified atom stereocenters. The molecule has 98 valence electrons. The van der Waals surface area contributed by atoms with Gasteiger partial charge in [0.2, 0.25) is 0 Å². The van der Waals surface area contributed by atoms with E-state index in [2.05, 4.69) is 9.99 Å². The van der Waals surface area contributed by atoms with Crippen LogP contribution in [0.3, 0.4) is 0 Å². The number of carbonyl (C=O) groups excluding carboxylic acids is 1. The highest BCUT2D eigenvalue weighted by Gasteiger charge is 2.16. The van der Waals surface area contributed by atoms with Gasteiger partial charge in [0, 0.05) is 0 Å². The number of halogens is 1. The van der Waals surface area contributed by atoms with Crippen molar-refractivity contribution >= 4 is 19.4 Å². The molecule has 0 heterocycles. The van der Waals surface area contributed by atoms with Crippen LogP contribution in [-0.4, -0.2) is 27.8 Å². The molecule has 0 aliphatic heterocycles. The molecule has 18 heavy (non-hydrogen) atoms. The predicted octanol–water partition coefficient (Wildman–Crippen LogP) is 0.432. The van der Waals surface area contributed by atoms with Crippen LogP contribution in [0.1, 0.15) is 10.4 Å². The van der Waals surface area contributed by atoms with Crippen molar-refractivity contribution < 1.29 is 28.4 Å². The van der Waals surface area contributed by atoms with Gasteiger partial charge >= 0.3 is 13.6 Å². The van der Waals surface area contributed by atoms with Gasteiger partial charge in [0.1, 0.15) is 12.0 Å². The van der Waals surface area contributed by atoms with Crippen molar-refractivity contribution in [1.29, 1.82) is 0 Å². The molecule has 1 aromatic carbocycles.